The number of aryl methyl sites for hydroxylation is 1. The summed E-state index contributed by atoms with van der Waals surface area (Å²) in [6, 6.07) is 0.347. The Balaban J connectivity index is 1.92. The molecule has 120 valence electrons. The maximum Gasteiger partial charge on any atom is 0.250 e. The number of anilines is 1. The van der Waals surface area contributed by atoms with Gasteiger partial charge in [-0.05, 0) is 49.9 Å². The molecule has 2 aromatic heterocycles. The van der Waals surface area contributed by atoms with E-state index < -0.39 is 0 Å². The van der Waals surface area contributed by atoms with Crippen LogP contribution in [0.25, 0.3) is 11.4 Å². The number of fused-ring (bicyclic) bond motifs is 3. The lowest BCUT2D eigenvalue weighted by Crippen LogP contribution is -2.29. The summed E-state index contributed by atoms with van der Waals surface area (Å²) in [7, 11) is 0. The van der Waals surface area contributed by atoms with Crippen LogP contribution in [0.15, 0.2) is 12.4 Å². The number of nitrogens with one attached hydrogen (secondary N) is 1. The zero-order valence-electron chi connectivity index (χ0n) is 12.9. The second kappa shape index (κ2) is 5.34. The predicted octanol–water partition coefficient (Wildman–Crippen LogP) is 0.649. The largest absolute Gasteiger partial charge is 0.368 e. The minimum atomic E-state index is -0.376. The Morgan fingerprint density at radius 3 is 2.83 bits per heavy atom. The molecule has 1 aliphatic heterocycles. The Morgan fingerprint density at radius 2 is 2.09 bits per heavy atom. The van der Waals surface area contributed by atoms with Gasteiger partial charge < -0.3 is 21.4 Å². The van der Waals surface area contributed by atoms with Crippen molar-refractivity contribution in [3.8, 4) is 11.4 Å². The maximum absolute atomic E-state index is 11.9. The third kappa shape index (κ3) is 2.28. The number of aromatic nitrogens is 3. The van der Waals surface area contributed by atoms with Crippen molar-refractivity contribution in [1.82, 2.24) is 19.9 Å². The lowest BCUT2D eigenvalue weighted by Gasteiger charge is -2.28. The van der Waals surface area contributed by atoms with Crippen LogP contribution in [-0.4, -0.2) is 33.5 Å². The van der Waals surface area contributed by atoms with Crippen molar-refractivity contribution in [1.29, 1.82) is 0 Å². The molecule has 3 heterocycles. The normalized spacial score (nSPS) is 17.6. The van der Waals surface area contributed by atoms with Crippen LogP contribution in [0.1, 0.15) is 40.4 Å². The molecule has 0 aromatic carbocycles. The van der Waals surface area contributed by atoms with Crippen molar-refractivity contribution in [2.75, 3.05) is 18.8 Å². The zero-order chi connectivity index (χ0) is 16.0. The Labute approximate surface area is 134 Å². The minimum Gasteiger partial charge on any atom is -0.368 e. The highest BCUT2D eigenvalue weighted by Crippen LogP contribution is 2.38. The average Bonchev–Trinajstić information content (AvgIpc) is 2.96. The molecule has 1 amide bonds. The number of primary amides is 1. The highest BCUT2D eigenvalue weighted by molar-refractivity contribution is 5.96. The van der Waals surface area contributed by atoms with Gasteiger partial charge in [0, 0.05) is 18.4 Å². The molecule has 7 heteroatoms. The van der Waals surface area contributed by atoms with E-state index in [2.05, 4.69) is 19.9 Å². The standard InChI is InChI=1S/C16H20N6O/c17-15(23)12-8-22(10-3-5-19-6-4-10)14-11(12)2-1-9-7-20-16(18)21-13(9)14/h7-8,10,19H,1-6H2,(H2,17,23)(H2,18,20,21). The van der Waals surface area contributed by atoms with Gasteiger partial charge in [-0.2, -0.15) is 0 Å². The molecule has 0 unspecified atom stereocenters. The number of amides is 1. The third-order valence-corrected chi connectivity index (χ3v) is 4.86. The monoisotopic (exact) mass is 312 g/mol. The highest BCUT2D eigenvalue weighted by Gasteiger charge is 2.30. The van der Waals surface area contributed by atoms with Crippen LogP contribution in [0.2, 0.25) is 0 Å². The fourth-order valence-electron chi connectivity index (χ4n) is 3.74. The lowest BCUT2D eigenvalue weighted by molar-refractivity contribution is 0.0999. The molecule has 0 bridgehead atoms. The number of carbonyl (C=O) groups is 1. The number of piperidine rings is 1. The molecule has 0 radical (unpaired) electrons. The number of hydrogen-bond acceptors (Lipinski definition) is 5. The summed E-state index contributed by atoms with van der Waals surface area (Å²) in [5.74, 6) is -0.116. The molecule has 7 nitrogen and oxygen atoms in total. The number of carbonyl (C=O) groups excluding carboxylic acids is 1. The van der Waals surface area contributed by atoms with E-state index in [0.29, 0.717) is 11.6 Å². The summed E-state index contributed by atoms with van der Waals surface area (Å²) in [5.41, 5.74) is 16.0. The Hall–Kier alpha value is -2.41. The molecular weight excluding hydrogens is 292 g/mol. The van der Waals surface area contributed by atoms with Crippen molar-refractivity contribution in [2.45, 2.75) is 31.7 Å². The summed E-state index contributed by atoms with van der Waals surface area (Å²) >= 11 is 0. The fraction of sp³-hybridized carbons (Fsp3) is 0.438. The van der Waals surface area contributed by atoms with Crippen molar-refractivity contribution in [2.24, 2.45) is 5.73 Å². The molecule has 1 aliphatic carbocycles. The highest BCUT2D eigenvalue weighted by atomic mass is 16.1. The fourth-order valence-corrected chi connectivity index (χ4v) is 3.74. The maximum atomic E-state index is 11.9. The van der Waals surface area contributed by atoms with E-state index in [9.17, 15) is 4.79 Å². The first kappa shape index (κ1) is 14.2. The van der Waals surface area contributed by atoms with Gasteiger partial charge in [0.1, 0.15) is 0 Å². The van der Waals surface area contributed by atoms with Gasteiger partial charge in [-0.15, -0.1) is 0 Å². The lowest BCUT2D eigenvalue weighted by atomic mass is 9.92. The summed E-state index contributed by atoms with van der Waals surface area (Å²) < 4.78 is 2.20. The first-order chi connectivity index (χ1) is 11.1. The third-order valence-electron chi connectivity index (χ3n) is 4.86. The van der Waals surface area contributed by atoms with Gasteiger partial charge in [-0.1, -0.05) is 0 Å². The first-order valence-electron chi connectivity index (χ1n) is 8.01. The van der Waals surface area contributed by atoms with Crippen LogP contribution >= 0.6 is 0 Å². The van der Waals surface area contributed by atoms with Gasteiger partial charge >= 0.3 is 0 Å². The second-order valence-electron chi connectivity index (χ2n) is 6.22. The van der Waals surface area contributed by atoms with E-state index in [0.717, 1.165) is 61.3 Å². The topological polar surface area (TPSA) is 112 Å². The molecule has 0 spiro atoms. The van der Waals surface area contributed by atoms with Gasteiger partial charge in [0.05, 0.1) is 17.0 Å². The van der Waals surface area contributed by atoms with Crippen LogP contribution in [0.4, 0.5) is 5.95 Å². The number of nitrogens with zero attached hydrogens (tertiary/aromatic N) is 3. The Bertz CT molecular complexity index is 775. The SMILES string of the molecule is NC(=O)c1cn(C2CCNCC2)c2c1CCc1cnc(N)nc1-2. The molecule has 1 saturated heterocycles. The molecule has 0 saturated carbocycles. The Morgan fingerprint density at radius 1 is 1.30 bits per heavy atom. The Kier molecular flexibility index (Phi) is 3.30. The molecular formula is C16H20N6O. The van der Waals surface area contributed by atoms with Crippen LogP contribution in [0.5, 0.6) is 0 Å². The molecule has 1 fully saturated rings. The van der Waals surface area contributed by atoms with Crippen LogP contribution in [0.3, 0.4) is 0 Å². The van der Waals surface area contributed by atoms with Crippen LogP contribution in [0, 0.1) is 0 Å². The van der Waals surface area contributed by atoms with Crippen molar-refractivity contribution in [3.63, 3.8) is 0 Å². The van der Waals surface area contributed by atoms with E-state index in [4.69, 9.17) is 11.5 Å². The number of hydrogen-bond donors (Lipinski definition) is 3. The second-order valence-corrected chi connectivity index (χ2v) is 6.22. The molecule has 0 atom stereocenters. The van der Waals surface area contributed by atoms with Gasteiger partial charge in [0.25, 0.3) is 5.91 Å². The van der Waals surface area contributed by atoms with Crippen molar-refractivity contribution >= 4 is 11.9 Å². The first-order valence-corrected chi connectivity index (χ1v) is 8.01. The van der Waals surface area contributed by atoms with Gasteiger partial charge in [-0.3, -0.25) is 4.79 Å². The number of nitrogens with two attached hydrogens (primary N) is 2. The molecule has 5 N–H and O–H groups in total. The van der Waals surface area contributed by atoms with Crippen molar-refractivity contribution in [3.05, 3.63) is 29.1 Å². The molecule has 4 rings (SSSR count). The zero-order valence-corrected chi connectivity index (χ0v) is 12.9. The average molecular weight is 312 g/mol. The van der Waals surface area contributed by atoms with E-state index in [-0.39, 0.29) is 11.9 Å². The smallest absolute Gasteiger partial charge is 0.250 e. The minimum absolute atomic E-state index is 0.260. The van der Waals surface area contributed by atoms with E-state index in [1.165, 1.54) is 0 Å². The van der Waals surface area contributed by atoms with Gasteiger partial charge in [0.2, 0.25) is 5.95 Å². The molecule has 23 heavy (non-hydrogen) atoms. The van der Waals surface area contributed by atoms with Gasteiger partial charge in [-0.25, -0.2) is 9.97 Å². The number of rotatable bonds is 2. The quantitative estimate of drug-likeness (QED) is 0.754. The van der Waals surface area contributed by atoms with E-state index in [1.54, 1.807) is 6.20 Å². The summed E-state index contributed by atoms with van der Waals surface area (Å²) in [6.07, 6.45) is 7.34. The molecule has 2 aliphatic rings. The predicted molar refractivity (Wildman–Crippen MR) is 86.9 cm³/mol. The summed E-state index contributed by atoms with van der Waals surface area (Å²) in [6.45, 7) is 1.95. The van der Waals surface area contributed by atoms with Gasteiger partial charge in [0.15, 0.2) is 0 Å². The van der Waals surface area contributed by atoms with Crippen LogP contribution < -0.4 is 16.8 Å². The van der Waals surface area contributed by atoms with E-state index in [1.807, 2.05) is 6.20 Å². The molecule has 2 aromatic rings. The van der Waals surface area contributed by atoms with E-state index >= 15 is 0 Å². The summed E-state index contributed by atoms with van der Waals surface area (Å²) in [4.78, 5) is 20.5. The van der Waals surface area contributed by atoms with Crippen LogP contribution in [-0.2, 0) is 12.8 Å². The van der Waals surface area contributed by atoms with Crippen molar-refractivity contribution < 1.29 is 4.79 Å². The summed E-state index contributed by atoms with van der Waals surface area (Å²) in [5, 5.41) is 3.37. The number of nitrogen functional groups attached to an aromatic ring is 1.